The van der Waals surface area contributed by atoms with Gasteiger partial charge in [-0.25, -0.2) is 28.1 Å². The summed E-state index contributed by atoms with van der Waals surface area (Å²) < 4.78 is 78.1. The van der Waals surface area contributed by atoms with E-state index in [9.17, 15) is 111 Å². The Kier molecular flexibility index (Phi) is 27.7. The molecule has 7 aromatic rings. The molecule has 10 rings (SSSR count). The molecule has 0 spiro atoms. The molecule has 6 heterocycles. The quantitative estimate of drug-likeness (QED) is 0.0222. The van der Waals surface area contributed by atoms with Crippen molar-refractivity contribution < 1.29 is 125 Å². The van der Waals surface area contributed by atoms with Crippen LogP contribution in [0.3, 0.4) is 0 Å². The minimum absolute atomic E-state index is 0.0556. The molecule has 0 unspecified atom stereocenters. The number of nitrogens with zero attached hydrogens (tertiary/aromatic N) is 9. The minimum atomic E-state index is -5.35. The first-order chi connectivity index (χ1) is 52.5. The lowest BCUT2D eigenvalue weighted by Gasteiger charge is -2.34. The van der Waals surface area contributed by atoms with Crippen LogP contribution in [0.25, 0.3) is 22.6 Å². The van der Waals surface area contributed by atoms with Crippen LogP contribution in [0, 0.1) is 17.6 Å². The van der Waals surface area contributed by atoms with E-state index in [-0.39, 0.29) is 24.2 Å². The molecule has 3 saturated heterocycles. The number of amides is 8. The van der Waals surface area contributed by atoms with Gasteiger partial charge in [0.15, 0.2) is 23.5 Å². The summed E-state index contributed by atoms with van der Waals surface area (Å²) in [4.78, 5) is 122. The van der Waals surface area contributed by atoms with Crippen molar-refractivity contribution in [1.29, 1.82) is 0 Å². The maximum Gasteiger partial charge on any atom is 0.446 e. The Bertz CT molecular complexity index is 4490. The van der Waals surface area contributed by atoms with Crippen molar-refractivity contribution >= 4 is 57.7 Å². The smallest absolute Gasteiger partial charge is 0.446 e. The van der Waals surface area contributed by atoms with Gasteiger partial charge in [-0.2, -0.15) is 18.6 Å². The van der Waals surface area contributed by atoms with Crippen molar-refractivity contribution in [1.82, 2.24) is 71.1 Å². The molecule has 15 atom stereocenters. The van der Waals surface area contributed by atoms with Gasteiger partial charge in [-0.3, -0.25) is 42.9 Å². The van der Waals surface area contributed by atoms with Crippen LogP contribution in [-0.4, -0.2) is 255 Å². The molecule has 0 aliphatic carbocycles. The summed E-state index contributed by atoms with van der Waals surface area (Å²) in [5.74, 6) is -14.4. The number of nitrogens with two attached hydrogens (primary N) is 1. The number of phenols is 1. The van der Waals surface area contributed by atoms with E-state index in [0.29, 0.717) is 56.9 Å². The first-order valence-corrected chi connectivity index (χ1v) is 35.9. The Morgan fingerprint density at radius 1 is 0.757 bits per heavy atom. The molecule has 3 aliphatic rings. The SMILES string of the molecule is CCCCCOc1ccc(-c2cc(-c3ccc(C(=O)N[C@H]4C[C@@H](O)[C@@H](O)NC(=O)[C@@H]5[C@@H](O)[C@@H](C)CN5C(=O)[C@H]([C@H](O)CC(N)=O)NC(=O)[C@H]([C@H](O)[C@@H](O)c5ccc(O)c(OS(=O)(=O)O)c5)NC(=O)[C@@H]5C[C@@H](O)CN5C(=O)[C@H]([C@H](C)O)NC4=O)cc3)no2)cc1.OC(Cn1cncn1)(Cn1cncn1)c1ccc(F)cc1F. The van der Waals surface area contributed by atoms with E-state index in [1.807, 2.05) is 10.6 Å². The molecule has 111 heavy (non-hydrogen) atoms. The molecule has 39 nitrogen and oxygen atoms in total. The van der Waals surface area contributed by atoms with Crippen molar-refractivity contribution in [2.24, 2.45) is 11.7 Å². The summed E-state index contributed by atoms with van der Waals surface area (Å²) >= 11 is 0. The zero-order valence-electron chi connectivity index (χ0n) is 59.4. The fourth-order valence-electron chi connectivity index (χ4n) is 12.6. The molecular weight excluding hydrogens is 1490 g/mol. The first kappa shape index (κ1) is 84.0. The average molecular weight is 1580 g/mol. The normalized spacial score (nSPS) is 23.5. The molecule has 3 fully saturated rings. The van der Waals surface area contributed by atoms with Crippen molar-refractivity contribution in [3.05, 3.63) is 145 Å². The number of primary amides is 1. The standard InChI is InChI=1S/C56H71N9O23S.C13H12F2N6O/c1-4-5-6-17-86-32-14-11-28(12-15-32)39-21-33(63-87-39)27-7-9-29(10-8-27)49(75)58-34-20-38(70)52(78)62-54(80)45-46(72)25(2)23-65(45)56(82)43(37(69)22-41(57)71)60-53(79)44(48(74)47(73)30-13-16-36(68)40(18-30)88-89(83,84)85)61-51(77)35-19-31(67)24-64(35)55(81)42(26(3)66)59-50(34)76;14-10-1-2-11(12(15)3-10)13(22,4-20-8-16-6-18-20)5-21-9-17-7-19-21/h7-16,18,21,25-26,31,34-35,37-38,42-48,52,66-70,72-74,78H,4-6,17,19-20,22-24H2,1-3H3,(H2,57,71)(H,58,75)(H,59,76)(H,60,79)(H,61,77)(H,62,80)(H,83,84,85);1-3,6-9,22H,4-5H2/t25-,26-,31+,34-,35-,37+,38+,42-,43-,44-,45-,46-,47-,48-,52+;/m0./s1. The van der Waals surface area contributed by atoms with E-state index in [2.05, 4.69) is 52.4 Å². The Hall–Kier alpha value is -11.1. The van der Waals surface area contributed by atoms with Crippen LogP contribution in [0.15, 0.2) is 121 Å². The molecular formula is C69H83F2N15O24S. The summed E-state index contributed by atoms with van der Waals surface area (Å²) in [5.41, 5.74) is 4.42. The lowest BCUT2D eigenvalue weighted by molar-refractivity contribution is -0.149. The van der Waals surface area contributed by atoms with Gasteiger partial charge in [-0.1, -0.05) is 56.1 Å². The van der Waals surface area contributed by atoms with E-state index in [4.69, 9.17) is 15.0 Å². The number of aromatic nitrogens is 7. The number of unbranched alkanes of at least 4 members (excludes halogenated alkanes) is 2. The highest BCUT2D eigenvalue weighted by Gasteiger charge is 2.51. The van der Waals surface area contributed by atoms with Crippen LogP contribution >= 0.6 is 0 Å². The van der Waals surface area contributed by atoms with E-state index < -0.39 is 215 Å². The largest absolute Gasteiger partial charge is 0.504 e. The number of benzene rings is 4. The van der Waals surface area contributed by atoms with Crippen molar-refractivity contribution in [3.63, 3.8) is 0 Å². The summed E-state index contributed by atoms with van der Waals surface area (Å²) in [6.07, 6.45) is -11.9. The van der Waals surface area contributed by atoms with Gasteiger partial charge in [-0.15, -0.1) is 0 Å². The highest BCUT2D eigenvalue weighted by atomic mass is 32.3. The topological polar surface area (TPSA) is 592 Å². The Labute approximate surface area is 629 Å². The predicted octanol–water partition coefficient (Wildman–Crippen LogP) is -3.17. The molecule has 3 aromatic heterocycles. The summed E-state index contributed by atoms with van der Waals surface area (Å²) in [7, 11) is -5.35. The van der Waals surface area contributed by atoms with Crippen LogP contribution in [0.1, 0.15) is 86.9 Å². The number of aliphatic hydroxyl groups excluding tert-OH is 8. The number of phenolic OH excluding ortho intramolecular Hbond substituents is 1. The maximum atomic E-state index is 14.7. The zero-order chi connectivity index (χ0) is 80.9. The third-order valence-corrected chi connectivity index (χ3v) is 18.8. The summed E-state index contributed by atoms with van der Waals surface area (Å²) in [6, 6.07) is 6.54. The number of carbonyl (C=O) groups is 8. The monoisotopic (exact) mass is 1580 g/mol. The number of ether oxygens (including phenoxy) is 1. The number of rotatable bonds is 23. The van der Waals surface area contributed by atoms with Crippen LogP contribution in [0.2, 0.25) is 0 Å². The maximum absolute atomic E-state index is 14.7. The fraction of sp³-hybridized carbons (Fsp3) is 0.435. The minimum Gasteiger partial charge on any atom is -0.504 e. The molecule has 0 saturated carbocycles. The van der Waals surface area contributed by atoms with Gasteiger partial charge < -0.3 is 107 Å². The zero-order valence-corrected chi connectivity index (χ0v) is 60.2. The lowest BCUT2D eigenvalue weighted by Crippen LogP contribution is -2.64. The van der Waals surface area contributed by atoms with E-state index in [1.54, 1.807) is 30.3 Å². The molecule has 0 radical (unpaired) electrons. The summed E-state index contributed by atoms with van der Waals surface area (Å²) in [5, 5.41) is 135. The summed E-state index contributed by atoms with van der Waals surface area (Å²) in [6.45, 7) is 3.59. The van der Waals surface area contributed by atoms with E-state index in [0.717, 1.165) is 44.4 Å². The van der Waals surface area contributed by atoms with Gasteiger partial charge in [0.05, 0.1) is 50.5 Å². The van der Waals surface area contributed by atoms with Gasteiger partial charge in [0.25, 0.3) is 5.91 Å². The highest BCUT2D eigenvalue weighted by Crippen LogP contribution is 2.35. The van der Waals surface area contributed by atoms with Crippen molar-refractivity contribution in [2.75, 3.05) is 19.7 Å². The van der Waals surface area contributed by atoms with Crippen LogP contribution in [0.5, 0.6) is 17.2 Å². The van der Waals surface area contributed by atoms with E-state index in [1.165, 1.54) is 71.9 Å². The van der Waals surface area contributed by atoms with Gasteiger partial charge in [-0.05, 0) is 73.5 Å². The van der Waals surface area contributed by atoms with Gasteiger partial charge in [0, 0.05) is 66.2 Å². The van der Waals surface area contributed by atoms with E-state index >= 15 is 0 Å². The van der Waals surface area contributed by atoms with Gasteiger partial charge in [0.2, 0.25) is 41.4 Å². The number of hydrogen-bond donors (Lipinski definition) is 17. The highest BCUT2D eigenvalue weighted by molar-refractivity contribution is 7.81. The van der Waals surface area contributed by atoms with Crippen molar-refractivity contribution in [2.45, 2.75) is 163 Å². The molecule has 3 aliphatic heterocycles. The second-order valence-electron chi connectivity index (χ2n) is 26.8. The van der Waals surface area contributed by atoms with Crippen LogP contribution < -0.4 is 41.2 Å². The number of halogens is 2. The van der Waals surface area contributed by atoms with Crippen LogP contribution in [-0.2, 0) is 62.7 Å². The number of hydrogen-bond acceptors (Lipinski definition) is 28. The molecule has 42 heteroatoms. The Morgan fingerprint density at radius 2 is 1.39 bits per heavy atom. The average Bonchev–Trinajstić information content (AvgIpc) is 1.67. The fourth-order valence-corrected chi connectivity index (χ4v) is 13.0. The number of carbonyl (C=O) groups excluding carboxylic acids is 8. The lowest BCUT2D eigenvalue weighted by atomic mass is 9.93. The Morgan fingerprint density at radius 3 is 1.99 bits per heavy atom. The molecule has 4 aromatic carbocycles. The number of aromatic hydroxyl groups is 1. The van der Waals surface area contributed by atoms with Gasteiger partial charge in [0.1, 0.15) is 109 Å². The first-order valence-electron chi connectivity index (χ1n) is 34.5. The Balaban J connectivity index is 0.000000546. The third kappa shape index (κ3) is 21.3. The number of aliphatic hydroxyl groups is 9. The number of nitrogens with one attached hydrogen (secondary N) is 5. The van der Waals surface area contributed by atoms with Gasteiger partial charge >= 0.3 is 10.4 Å². The van der Waals surface area contributed by atoms with Crippen LogP contribution in [0.4, 0.5) is 8.78 Å². The predicted molar refractivity (Wildman–Crippen MR) is 374 cm³/mol. The number of fused-ring (bicyclic) bond motifs is 2. The molecule has 598 valence electrons. The van der Waals surface area contributed by atoms with Crippen molar-refractivity contribution in [3.8, 4) is 39.8 Å². The second-order valence-corrected chi connectivity index (χ2v) is 27.8. The molecule has 0 bridgehead atoms. The third-order valence-electron chi connectivity index (χ3n) is 18.4. The second kappa shape index (κ2) is 36.6. The molecule has 18 N–H and O–H groups in total. The molecule has 8 amide bonds.